The molecule has 5 atom stereocenters. The summed E-state index contributed by atoms with van der Waals surface area (Å²) in [5, 5.41) is 19.7. The second-order valence-corrected chi connectivity index (χ2v) is 21.3. The number of carbonyl (C=O) groups is 5. The molecule has 5 N–H and O–H groups in total. The van der Waals surface area contributed by atoms with Gasteiger partial charge in [0.1, 0.15) is 29.8 Å². The van der Waals surface area contributed by atoms with Gasteiger partial charge < -0.3 is 31.3 Å². The second-order valence-electron chi connectivity index (χ2n) is 18.5. The standard InChI is InChI=1S/C41H59F4N5O8S/c1-39(2,3)59(57,58)22-41(15-10-7-11-16-41)49-38(56)48-32(23-12-8-6-9-13-23)36(53)50-21-26-31(40(26,4)5)33(50)35(52)47-29(20-30(44)45)34(51)46-17-14-25-27(42)18-24(37(54)55)19-28(25)43/h18-19,23,26,29-33H,6-17,20-22H2,1-5H3,(H,46,51)(H,47,52)(H,54,55)(H2,48,49,56)/t26?,29-,31?,32-,33-/m0/s1. The molecule has 3 aliphatic carbocycles. The largest absolute Gasteiger partial charge is 0.478 e. The number of carboxylic acid groups (broad SMARTS) is 1. The Hall–Kier alpha value is -3.96. The molecule has 1 aliphatic heterocycles. The fourth-order valence-corrected chi connectivity index (χ4v) is 11.0. The lowest BCUT2D eigenvalue weighted by Crippen LogP contribution is -2.63. The van der Waals surface area contributed by atoms with Crippen molar-refractivity contribution in [2.75, 3.05) is 18.8 Å². The van der Waals surface area contributed by atoms with Crippen LogP contribution in [0.2, 0.25) is 0 Å². The Morgan fingerprint density at radius 1 is 0.932 bits per heavy atom. The predicted octanol–water partition coefficient (Wildman–Crippen LogP) is 5.11. The molecule has 0 aromatic heterocycles. The van der Waals surface area contributed by atoms with Gasteiger partial charge in [0.25, 0.3) is 0 Å². The minimum absolute atomic E-state index is 0.129. The van der Waals surface area contributed by atoms with Crippen LogP contribution in [0.3, 0.4) is 0 Å². The lowest BCUT2D eigenvalue weighted by atomic mass is 9.82. The molecule has 59 heavy (non-hydrogen) atoms. The Morgan fingerprint density at radius 3 is 2.08 bits per heavy atom. The Kier molecular flexibility index (Phi) is 14.0. The van der Waals surface area contributed by atoms with Crippen LogP contribution in [0, 0.1) is 34.8 Å². The van der Waals surface area contributed by atoms with Gasteiger partial charge in [0, 0.05) is 25.1 Å². The van der Waals surface area contributed by atoms with Crippen LogP contribution in [-0.2, 0) is 30.6 Å². The van der Waals surface area contributed by atoms with Crippen molar-refractivity contribution in [3.05, 3.63) is 34.9 Å². The number of urea groups is 1. The molecule has 5 amide bonds. The van der Waals surface area contributed by atoms with E-state index in [2.05, 4.69) is 21.3 Å². The molecule has 1 heterocycles. The fraction of sp³-hybridized carbons (Fsp3) is 0.732. The number of rotatable bonds is 15. The number of likely N-dealkylation sites (tertiary alicyclic amines) is 1. The number of piperidine rings is 1. The van der Waals surface area contributed by atoms with Crippen molar-refractivity contribution in [2.45, 2.75) is 147 Å². The van der Waals surface area contributed by atoms with Crippen molar-refractivity contribution >= 4 is 39.6 Å². The van der Waals surface area contributed by atoms with E-state index in [1.54, 1.807) is 20.8 Å². The van der Waals surface area contributed by atoms with Crippen LogP contribution >= 0.6 is 0 Å². The van der Waals surface area contributed by atoms with Gasteiger partial charge in [-0.25, -0.2) is 35.6 Å². The summed E-state index contributed by atoms with van der Waals surface area (Å²) in [5.41, 5.74) is -2.58. The summed E-state index contributed by atoms with van der Waals surface area (Å²) in [6.07, 6.45) is 2.46. The summed E-state index contributed by atoms with van der Waals surface area (Å²) in [5.74, 6) is -7.34. The molecule has 2 unspecified atom stereocenters. The number of amides is 5. The van der Waals surface area contributed by atoms with Crippen LogP contribution in [-0.4, -0.2) is 102 Å². The van der Waals surface area contributed by atoms with Crippen molar-refractivity contribution in [3.63, 3.8) is 0 Å². The van der Waals surface area contributed by atoms with Gasteiger partial charge in [-0.3, -0.25) is 14.4 Å². The zero-order valence-electron chi connectivity index (χ0n) is 34.5. The highest BCUT2D eigenvalue weighted by Gasteiger charge is 2.70. The van der Waals surface area contributed by atoms with E-state index in [4.69, 9.17) is 5.11 Å². The zero-order chi connectivity index (χ0) is 43.7. The van der Waals surface area contributed by atoms with Gasteiger partial charge in [-0.2, -0.15) is 0 Å². The number of carboxylic acids is 1. The molecule has 4 fully saturated rings. The SMILES string of the molecule is CC1(C)C2CN(C(=O)[C@@H](NC(=O)NC3(CS(=O)(=O)C(C)(C)C)CCCCC3)C3CCCCC3)[C@H](C(=O)N[C@@H](CC(F)F)C(=O)NCCc3c(F)cc(C(=O)O)cc3F)C21. The van der Waals surface area contributed by atoms with Crippen molar-refractivity contribution in [3.8, 4) is 0 Å². The number of nitrogens with one attached hydrogen (secondary N) is 4. The van der Waals surface area contributed by atoms with E-state index in [1.807, 2.05) is 13.8 Å². The topological polar surface area (TPSA) is 191 Å². The summed E-state index contributed by atoms with van der Waals surface area (Å²) in [6.45, 7) is 8.42. The Labute approximate surface area is 343 Å². The van der Waals surface area contributed by atoms with Crippen LogP contribution in [0.5, 0.6) is 0 Å². The zero-order valence-corrected chi connectivity index (χ0v) is 35.3. The molecule has 4 aliphatic rings. The molecule has 0 spiro atoms. The van der Waals surface area contributed by atoms with E-state index in [0.29, 0.717) is 37.8 Å². The third kappa shape index (κ3) is 10.5. The van der Waals surface area contributed by atoms with Crippen molar-refractivity contribution in [1.82, 2.24) is 26.2 Å². The van der Waals surface area contributed by atoms with Crippen LogP contribution in [0.1, 0.15) is 121 Å². The molecule has 0 radical (unpaired) electrons. The van der Waals surface area contributed by atoms with E-state index in [1.165, 1.54) is 4.90 Å². The normalized spacial score (nSPS) is 23.8. The lowest BCUT2D eigenvalue weighted by Gasteiger charge is -2.41. The van der Waals surface area contributed by atoms with Gasteiger partial charge in [0.15, 0.2) is 9.84 Å². The van der Waals surface area contributed by atoms with E-state index >= 15 is 0 Å². The van der Waals surface area contributed by atoms with Gasteiger partial charge >= 0.3 is 12.0 Å². The van der Waals surface area contributed by atoms with Gasteiger partial charge in [0.05, 0.1) is 21.6 Å². The third-order valence-electron chi connectivity index (χ3n) is 13.1. The van der Waals surface area contributed by atoms with Crippen molar-refractivity contribution in [1.29, 1.82) is 0 Å². The first-order valence-corrected chi connectivity index (χ1v) is 22.3. The number of benzene rings is 1. The maximum absolute atomic E-state index is 14.7. The third-order valence-corrected chi connectivity index (χ3v) is 15.9. The maximum atomic E-state index is 14.7. The van der Waals surface area contributed by atoms with Crippen LogP contribution in [0.15, 0.2) is 12.1 Å². The number of fused-ring (bicyclic) bond motifs is 1. The monoisotopic (exact) mass is 857 g/mol. The maximum Gasteiger partial charge on any atom is 0.335 e. The predicted molar refractivity (Wildman–Crippen MR) is 210 cm³/mol. The molecule has 1 saturated heterocycles. The van der Waals surface area contributed by atoms with Crippen LogP contribution in [0.25, 0.3) is 0 Å². The molecule has 13 nitrogen and oxygen atoms in total. The van der Waals surface area contributed by atoms with E-state index in [9.17, 15) is 50.0 Å². The Bertz CT molecular complexity index is 1850. The first-order chi connectivity index (χ1) is 27.5. The molecule has 1 aromatic rings. The molecule has 18 heteroatoms. The molecule has 5 rings (SSSR count). The smallest absolute Gasteiger partial charge is 0.335 e. The molecule has 3 saturated carbocycles. The number of alkyl halides is 2. The molecular weight excluding hydrogens is 799 g/mol. The number of carbonyl (C=O) groups excluding carboxylic acids is 4. The quantitative estimate of drug-likeness (QED) is 0.150. The summed E-state index contributed by atoms with van der Waals surface area (Å²) >= 11 is 0. The summed E-state index contributed by atoms with van der Waals surface area (Å²) in [7, 11) is -3.64. The van der Waals surface area contributed by atoms with E-state index in [-0.39, 0.29) is 30.1 Å². The summed E-state index contributed by atoms with van der Waals surface area (Å²) in [4.78, 5) is 68.6. The number of nitrogens with zero attached hydrogens (tertiary/aromatic N) is 1. The van der Waals surface area contributed by atoms with Crippen LogP contribution in [0.4, 0.5) is 22.4 Å². The minimum Gasteiger partial charge on any atom is -0.478 e. The minimum atomic E-state index is -3.64. The average molecular weight is 858 g/mol. The van der Waals surface area contributed by atoms with E-state index in [0.717, 1.165) is 38.5 Å². The van der Waals surface area contributed by atoms with Gasteiger partial charge in [-0.15, -0.1) is 0 Å². The molecule has 330 valence electrons. The van der Waals surface area contributed by atoms with Gasteiger partial charge in [-0.1, -0.05) is 52.4 Å². The lowest BCUT2D eigenvalue weighted by molar-refractivity contribution is -0.144. The highest BCUT2D eigenvalue weighted by atomic mass is 32.2. The number of sulfone groups is 1. The second kappa shape index (κ2) is 17.9. The average Bonchev–Trinajstić information content (AvgIpc) is 3.44. The first kappa shape index (κ1) is 46.1. The first-order valence-electron chi connectivity index (χ1n) is 20.7. The highest BCUT2D eigenvalue weighted by Crippen LogP contribution is 2.65. The number of hydrogen-bond donors (Lipinski definition) is 5. The molecule has 1 aromatic carbocycles. The molecular formula is C41H59F4N5O8S. The number of hydrogen-bond acceptors (Lipinski definition) is 7. The van der Waals surface area contributed by atoms with Gasteiger partial charge in [-0.05, 0) is 88.2 Å². The van der Waals surface area contributed by atoms with Crippen molar-refractivity contribution < 1.29 is 55.1 Å². The highest BCUT2D eigenvalue weighted by molar-refractivity contribution is 7.92. The Morgan fingerprint density at radius 2 is 1.53 bits per heavy atom. The van der Waals surface area contributed by atoms with Gasteiger partial charge in [0.2, 0.25) is 24.1 Å². The fourth-order valence-electron chi connectivity index (χ4n) is 9.44. The number of aromatic carboxylic acids is 1. The Balaban J connectivity index is 1.33. The van der Waals surface area contributed by atoms with E-state index < -0.39 is 122 Å². The van der Waals surface area contributed by atoms with Crippen molar-refractivity contribution in [2.24, 2.45) is 23.2 Å². The van der Waals surface area contributed by atoms with Crippen LogP contribution < -0.4 is 21.3 Å². The number of halogens is 4. The summed E-state index contributed by atoms with van der Waals surface area (Å²) < 4.78 is 82.4. The summed E-state index contributed by atoms with van der Waals surface area (Å²) in [6, 6.07) is -3.45. The molecule has 0 bridgehead atoms.